The highest BCUT2D eigenvalue weighted by Gasteiger charge is 2.10. The average molecular weight is 190 g/mol. The van der Waals surface area contributed by atoms with E-state index in [4.69, 9.17) is 0 Å². The fourth-order valence-electron chi connectivity index (χ4n) is 1.49. The van der Waals surface area contributed by atoms with Gasteiger partial charge in [-0.1, -0.05) is 13.8 Å². The molecule has 0 atom stereocenters. The molecule has 2 rings (SSSR count). The van der Waals surface area contributed by atoms with Crippen LogP contribution in [0.3, 0.4) is 0 Å². The quantitative estimate of drug-likeness (QED) is 0.727. The van der Waals surface area contributed by atoms with Gasteiger partial charge in [0.2, 0.25) is 0 Å². The van der Waals surface area contributed by atoms with Gasteiger partial charge in [-0.15, -0.1) is 0 Å². The van der Waals surface area contributed by atoms with Crippen LogP contribution in [0.4, 0.5) is 0 Å². The van der Waals surface area contributed by atoms with Gasteiger partial charge in [0.25, 0.3) is 0 Å². The first-order valence-electron chi connectivity index (χ1n) is 4.90. The zero-order chi connectivity index (χ0) is 10.1. The molecular formula is C10H14N4. The molecule has 0 aliphatic carbocycles. The molecule has 0 aromatic carbocycles. The maximum atomic E-state index is 4.44. The fraction of sp³-hybridized carbons (Fsp3) is 0.500. The van der Waals surface area contributed by atoms with Gasteiger partial charge in [-0.2, -0.15) is 5.10 Å². The molecule has 0 unspecified atom stereocenters. The van der Waals surface area contributed by atoms with Gasteiger partial charge >= 0.3 is 0 Å². The molecule has 0 N–H and O–H groups in total. The van der Waals surface area contributed by atoms with Crippen LogP contribution < -0.4 is 0 Å². The molecular weight excluding hydrogens is 176 g/mol. The lowest BCUT2D eigenvalue weighted by Crippen LogP contribution is -1.97. The predicted octanol–water partition coefficient (Wildman–Crippen LogP) is 1.97. The Labute approximate surface area is 83.0 Å². The van der Waals surface area contributed by atoms with E-state index in [-0.39, 0.29) is 0 Å². The van der Waals surface area contributed by atoms with Gasteiger partial charge in [0.05, 0.1) is 11.9 Å². The maximum absolute atomic E-state index is 4.44. The minimum Gasteiger partial charge on any atom is -0.270 e. The van der Waals surface area contributed by atoms with E-state index in [9.17, 15) is 0 Å². The number of hydrogen-bond acceptors (Lipinski definition) is 3. The molecule has 0 radical (unpaired) electrons. The number of aromatic nitrogens is 4. The largest absolute Gasteiger partial charge is 0.270 e. The van der Waals surface area contributed by atoms with Gasteiger partial charge in [0.15, 0.2) is 0 Å². The predicted molar refractivity (Wildman–Crippen MR) is 55.1 cm³/mol. The molecule has 4 heteroatoms. The van der Waals surface area contributed by atoms with E-state index in [0.29, 0.717) is 5.92 Å². The van der Waals surface area contributed by atoms with Gasteiger partial charge < -0.3 is 0 Å². The number of hydrogen-bond donors (Lipinski definition) is 0. The van der Waals surface area contributed by atoms with E-state index in [2.05, 4.69) is 35.8 Å². The molecule has 0 aliphatic rings. The summed E-state index contributed by atoms with van der Waals surface area (Å²) in [7, 11) is 0. The topological polar surface area (TPSA) is 43.6 Å². The Morgan fingerprint density at radius 2 is 2.14 bits per heavy atom. The van der Waals surface area contributed by atoms with Crippen molar-refractivity contribution in [3.05, 3.63) is 18.2 Å². The lowest BCUT2D eigenvalue weighted by molar-refractivity contribution is 0.665. The maximum Gasteiger partial charge on any atom is 0.133 e. The monoisotopic (exact) mass is 190 g/mol. The fourth-order valence-corrected chi connectivity index (χ4v) is 1.49. The molecule has 0 saturated heterocycles. The van der Waals surface area contributed by atoms with E-state index in [1.54, 1.807) is 6.33 Å². The first-order chi connectivity index (χ1) is 6.72. The molecule has 74 valence electrons. The van der Waals surface area contributed by atoms with Crippen LogP contribution in [0.2, 0.25) is 0 Å². The third kappa shape index (κ3) is 1.36. The zero-order valence-corrected chi connectivity index (χ0v) is 8.73. The standard InChI is InChI=1S/C10H14N4/c1-4-14-5-8-10(13-14)9(7(2)3)12-6-11-8/h5-7H,4H2,1-3H3. The summed E-state index contributed by atoms with van der Waals surface area (Å²) in [6, 6.07) is 0. The van der Waals surface area contributed by atoms with E-state index in [1.165, 1.54) is 0 Å². The highest BCUT2D eigenvalue weighted by atomic mass is 15.3. The Bertz CT molecular complexity index is 444. The van der Waals surface area contributed by atoms with Crippen molar-refractivity contribution in [2.75, 3.05) is 0 Å². The van der Waals surface area contributed by atoms with Crippen molar-refractivity contribution >= 4 is 11.0 Å². The molecule has 2 aromatic heterocycles. The third-order valence-electron chi connectivity index (χ3n) is 2.25. The van der Waals surface area contributed by atoms with Crippen LogP contribution in [0.25, 0.3) is 11.0 Å². The molecule has 2 aromatic rings. The molecule has 0 bridgehead atoms. The van der Waals surface area contributed by atoms with E-state index in [0.717, 1.165) is 23.3 Å². The Hall–Kier alpha value is -1.45. The van der Waals surface area contributed by atoms with Crippen LogP contribution in [0.15, 0.2) is 12.5 Å². The van der Waals surface area contributed by atoms with Gasteiger partial charge in [-0.25, -0.2) is 9.97 Å². The summed E-state index contributed by atoms with van der Waals surface area (Å²) < 4.78 is 1.89. The average Bonchev–Trinajstić information content (AvgIpc) is 2.59. The van der Waals surface area contributed by atoms with Crippen LogP contribution in [0, 0.1) is 0 Å². The van der Waals surface area contributed by atoms with Crippen LogP contribution in [-0.4, -0.2) is 19.7 Å². The number of rotatable bonds is 2. The third-order valence-corrected chi connectivity index (χ3v) is 2.25. The smallest absolute Gasteiger partial charge is 0.133 e. The Balaban J connectivity index is 2.66. The minimum absolute atomic E-state index is 0.390. The minimum atomic E-state index is 0.390. The molecule has 0 spiro atoms. The summed E-state index contributed by atoms with van der Waals surface area (Å²) in [5.41, 5.74) is 2.90. The second-order valence-corrected chi connectivity index (χ2v) is 3.63. The van der Waals surface area contributed by atoms with Crippen molar-refractivity contribution in [3.63, 3.8) is 0 Å². The summed E-state index contributed by atoms with van der Waals surface area (Å²) in [4.78, 5) is 8.47. The molecule has 0 fully saturated rings. The Morgan fingerprint density at radius 1 is 1.36 bits per heavy atom. The Kier molecular flexibility index (Phi) is 2.19. The van der Waals surface area contributed by atoms with Crippen LogP contribution in [0.1, 0.15) is 32.4 Å². The van der Waals surface area contributed by atoms with Crippen molar-refractivity contribution < 1.29 is 0 Å². The van der Waals surface area contributed by atoms with Crippen molar-refractivity contribution in [2.24, 2.45) is 0 Å². The van der Waals surface area contributed by atoms with Gasteiger partial charge in [-0.05, 0) is 12.8 Å². The zero-order valence-electron chi connectivity index (χ0n) is 8.73. The lowest BCUT2D eigenvalue weighted by Gasteiger charge is -2.02. The molecule has 14 heavy (non-hydrogen) atoms. The molecule has 2 heterocycles. The van der Waals surface area contributed by atoms with Crippen LogP contribution >= 0.6 is 0 Å². The lowest BCUT2D eigenvalue weighted by atomic mass is 10.1. The second-order valence-electron chi connectivity index (χ2n) is 3.63. The van der Waals surface area contributed by atoms with E-state index < -0.39 is 0 Å². The summed E-state index contributed by atoms with van der Waals surface area (Å²) in [5, 5.41) is 4.44. The van der Waals surface area contributed by atoms with E-state index in [1.807, 2.05) is 10.9 Å². The first kappa shape index (κ1) is 9.12. The second kappa shape index (κ2) is 3.36. The van der Waals surface area contributed by atoms with E-state index >= 15 is 0 Å². The van der Waals surface area contributed by atoms with Crippen LogP contribution in [0.5, 0.6) is 0 Å². The highest BCUT2D eigenvalue weighted by Crippen LogP contribution is 2.19. The number of aryl methyl sites for hydroxylation is 1. The van der Waals surface area contributed by atoms with Crippen molar-refractivity contribution in [1.82, 2.24) is 19.7 Å². The SMILES string of the molecule is CCn1cc2ncnc(C(C)C)c2n1. The summed E-state index contributed by atoms with van der Waals surface area (Å²) >= 11 is 0. The molecule has 0 saturated carbocycles. The molecule has 0 amide bonds. The van der Waals surface area contributed by atoms with Gasteiger partial charge in [0, 0.05) is 6.54 Å². The summed E-state index contributed by atoms with van der Waals surface area (Å²) in [6.07, 6.45) is 3.57. The molecule has 4 nitrogen and oxygen atoms in total. The number of fused-ring (bicyclic) bond motifs is 1. The summed E-state index contributed by atoms with van der Waals surface area (Å²) in [5.74, 6) is 0.390. The first-order valence-corrected chi connectivity index (χ1v) is 4.90. The molecule has 0 aliphatic heterocycles. The summed E-state index contributed by atoms with van der Waals surface area (Å²) in [6.45, 7) is 7.17. The Morgan fingerprint density at radius 3 is 2.79 bits per heavy atom. The van der Waals surface area contributed by atoms with Crippen molar-refractivity contribution in [3.8, 4) is 0 Å². The van der Waals surface area contributed by atoms with Crippen molar-refractivity contribution in [2.45, 2.75) is 33.2 Å². The van der Waals surface area contributed by atoms with Gasteiger partial charge in [-0.3, -0.25) is 4.68 Å². The normalized spacial score (nSPS) is 11.4. The van der Waals surface area contributed by atoms with Crippen molar-refractivity contribution in [1.29, 1.82) is 0 Å². The number of nitrogens with zero attached hydrogens (tertiary/aromatic N) is 4. The van der Waals surface area contributed by atoms with Gasteiger partial charge in [0.1, 0.15) is 17.4 Å². The highest BCUT2D eigenvalue weighted by molar-refractivity contribution is 5.75. The van der Waals surface area contributed by atoms with Crippen LogP contribution in [-0.2, 0) is 6.54 Å².